The number of aromatic nitrogens is 2. The van der Waals surface area contributed by atoms with Crippen LogP contribution in [0.3, 0.4) is 0 Å². The zero-order valence-corrected chi connectivity index (χ0v) is 12.5. The number of carbonyl (C=O) groups is 1. The van der Waals surface area contributed by atoms with Crippen molar-refractivity contribution in [3.8, 4) is 11.4 Å². The van der Waals surface area contributed by atoms with Gasteiger partial charge in [-0.2, -0.15) is 0 Å². The summed E-state index contributed by atoms with van der Waals surface area (Å²) in [5.74, 6) is 0.318. The minimum absolute atomic E-state index is 0.276. The predicted molar refractivity (Wildman–Crippen MR) is 80.2 cm³/mol. The second kappa shape index (κ2) is 5.96. The summed E-state index contributed by atoms with van der Waals surface area (Å²) in [6, 6.07) is 9.74. The van der Waals surface area contributed by atoms with E-state index in [-0.39, 0.29) is 4.64 Å². The van der Waals surface area contributed by atoms with E-state index in [0.29, 0.717) is 12.2 Å². The van der Waals surface area contributed by atoms with E-state index < -0.39 is 5.97 Å². The Labute approximate surface area is 123 Å². The lowest BCUT2D eigenvalue weighted by Gasteiger charge is -2.14. The van der Waals surface area contributed by atoms with Crippen molar-refractivity contribution >= 4 is 18.2 Å². The molecule has 1 aromatic heterocycles. The third kappa shape index (κ3) is 2.63. The molecule has 2 aromatic rings. The number of hydrogen-bond donors (Lipinski definition) is 0. The molecule has 0 N–H and O–H groups in total. The summed E-state index contributed by atoms with van der Waals surface area (Å²) in [7, 11) is 1.86. The molecule has 1 heterocycles. The van der Waals surface area contributed by atoms with Crippen molar-refractivity contribution in [3.05, 3.63) is 46.2 Å². The van der Waals surface area contributed by atoms with Crippen molar-refractivity contribution in [1.29, 1.82) is 0 Å². The van der Waals surface area contributed by atoms with Gasteiger partial charge in [-0.25, -0.2) is 9.78 Å². The predicted octanol–water partition coefficient (Wildman–Crippen LogP) is 3.30. The number of esters is 1. The first-order chi connectivity index (χ1) is 9.56. The molecule has 0 saturated carbocycles. The highest BCUT2D eigenvalue weighted by Gasteiger charge is 2.17. The molecule has 2 rings (SSSR count). The fourth-order valence-electron chi connectivity index (χ4n) is 1.99. The SMILES string of the molecule is CCOC(=O)c1c(C)n(C)c(-c2ccccc2)nc1=S. The largest absolute Gasteiger partial charge is 0.462 e. The lowest BCUT2D eigenvalue weighted by Crippen LogP contribution is -2.15. The highest BCUT2D eigenvalue weighted by Crippen LogP contribution is 2.20. The molecule has 0 aliphatic rings. The molecular weight excluding hydrogens is 272 g/mol. The van der Waals surface area contributed by atoms with Gasteiger partial charge in [0.15, 0.2) is 0 Å². The fourth-order valence-corrected chi connectivity index (χ4v) is 2.31. The van der Waals surface area contributed by atoms with Crippen LogP contribution in [-0.2, 0) is 11.8 Å². The maximum atomic E-state index is 11.9. The van der Waals surface area contributed by atoms with Gasteiger partial charge in [0.1, 0.15) is 16.0 Å². The number of carbonyl (C=O) groups excluding carboxylic acids is 1. The van der Waals surface area contributed by atoms with Crippen LogP contribution in [0, 0.1) is 11.6 Å². The Balaban J connectivity index is 2.61. The van der Waals surface area contributed by atoms with Gasteiger partial charge in [-0.3, -0.25) is 0 Å². The summed E-state index contributed by atoms with van der Waals surface area (Å²) in [6.07, 6.45) is 0. The molecule has 5 heteroatoms. The summed E-state index contributed by atoms with van der Waals surface area (Å²) in [4.78, 5) is 16.3. The van der Waals surface area contributed by atoms with Crippen LogP contribution in [-0.4, -0.2) is 22.1 Å². The molecule has 104 valence electrons. The molecule has 4 nitrogen and oxygen atoms in total. The van der Waals surface area contributed by atoms with Gasteiger partial charge < -0.3 is 9.30 Å². The van der Waals surface area contributed by atoms with Crippen molar-refractivity contribution in [3.63, 3.8) is 0 Å². The fraction of sp³-hybridized carbons (Fsp3) is 0.267. The highest BCUT2D eigenvalue weighted by atomic mass is 32.1. The molecule has 20 heavy (non-hydrogen) atoms. The monoisotopic (exact) mass is 288 g/mol. The number of hydrogen-bond acceptors (Lipinski definition) is 4. The van der Waals surface area contributed by atoms with E-state index in [4.69, 9.17) is 17.0 Å². The van der Waals surface area contributed by atoms with Gasteiger partial charge in [-0.15, -0.1) is 0 Å². The van der Waals surface area contributed by atoms with Crippen molar-refractivity contribution in [2.45, 2.75) is 13.8 Å². The lowest BCUT2D eigenvalue weighted by atomic mass is 10.1. The van der Waals surface area contributed by atoms with Crippen LogP contribution in [0.5, 0.6) is 0 Å². The Morgan fingerprint density at radius 1 is 1.35 bits per heavy atom. The van der Waals surface area contributed by atoms with Gasteiger partial charge in [-0.05, 0) is 13.8 Å². The maximum Gasteiger partial charge on any atom is 0.343 e. The van der Waals surface area contributed by atoms with Gasteiger partial charge in [0.25, 0.3) is 0 Å². The quantitative estimate of drug-likeness (QED) is 0.642. The normalized spacial score (nSPS) is 10.3. The molecule has 0 bridgehead atoms. The van der Waals surface area contributed by atoms with Crippen LogP contribution >= 0.6 is 12.2 Å². The Kier molecular flexibility index (Phi) is 4.29. The van der Waals surface area contributed by atoms with E-state index in [1.54, 1.807) is 6.92 Å². The Bertz CT molecular complexity index is 693. The third-order valence-corrected chi connectivity index (χ3v) is 3.41. The van der Waals surface area contributed by atoms with Crippen LogP contribution in [0.4, 0.5) is 0 Å². The zero-order chi connectivity index (χ0) is 14.7. The van der Waals surface area contributed by atoms with Crippen molar-refractivity contribution in [2.75, 3.05) is 6.61 Å². The second-order valence-electron chi connectivity index (χ2n) is 4.35. The summed E-state index contributed by atoms with van der Waals surface area (Å²) >= 11 is 5.25. The summed E-state index contributed by atoms with van der Waals surface area (Å²) < 4.78 is 7.17. The van der Waals surface area contributed by atoms with Crippen molar-refractivity contribution < 1.29 is 9.53 Å². The smallest absolute Gasteiger partial charge is 0.343 e. The van der Waals surface area contributed by atoms with Gasteiger partial charge in [0.2, 0.25) is 0 Å². The first-order valence-electron chi connectivity index (χ1n) is 6.36. The van der Waals surface area contributed by atoms with E-state index in [1.807, 2.05) is 48.9 Å². The van der Waals surface area contributed by atoms with Gasteiger partial charge in [0, 0.05) is 18.3 Å². The van der Waals surface area contributed by atoms with Gasteiger partial charge in [-0.1, -0.05) is 42.5 Å². The molecule has 0 atom stereocenters. The lowest BCUT2D eigenvalue weighted by molar-refractivity contribution is 0.0523. The first-order valence-corrected chi connectivity index (χ1v) is 6.77. The summed E-state index contributed by atoms with van der Waals surface area (Å²) in [6.45, 7) is 3.93. The topological polar surface area (TPSA) is 44.1 Å². The Morgan fingerprint density at radius 3 is 2.60 bits per heavy atom. The molecular formula is C15H16N2O2S. The Hall–Kier alpha value is -2.01. The minimum atomic E-state index is -0.419. The molecule has 0 spiro atoms. The van der Waals surface area contributed by atoms with Crippen molar-refractivity contribution in [2.24, 2.45) is 7.05 Å². The molecule has 0 aliphatic heterocycles. The maximum absolute atomic E-state index is 11.9. The number of nitrogens with zero attached hydrogens (tertiary/aromatic N) is 2. The van der Waals surface area contributed by atoms with Crippen molar-refractivity contribution in [1.82, 2.24) is 9.55 Å². The number of rotatable bonds is 3. The Morgan fingerprint density at radius 2 is 2.00 bits per heavy atom. The van der Waals surface area contributed by atoms with Gasteiger partial charge in [0.05, 0.1) is 6.61 Å². The average molecular weight is 288 g/mol. The molecule has 0 aliphatic carbocycles. The van der Waals surface area contributed by atoms with Crippen LogP contribution in [0.1, 0.15) is 23.0 Å². The standard InChI is InChI=1S/C15H16N2O2S/c1-4-19-15(18)12-10(2)17(3)13(16-14(12)20)11-8-6-5-7-9-11/h5-9H,4H2,1-3H3. The van der Waals surface area contributed by atoms with Crippen LogP contribution in [0.25, 0.3) is 11.4 Å². The van der Waals surface area contributed by atoms with E-state index in [0.717, 1.165) is 17.1 Å². The molecule has 0 radical (unpaired) electrons. The number of benzene rings is 1. The first kappa shape index (κ1) is 14.4. The van der Waals surface area contributed by atoms with E-state index in [9.17, 15) is 4.79 Å². The second-order valence-corrected chi connectivity index (χ2v) is 4.73. The molecule has 0 amide bonds. The van der Waals surface area contributed by atoms with Crippen LogP contribution in [0.15, 0.2) is 30.3 Å². The van der Waals surface area contributed by atoms with E-state index >= 15 is 0 Å². The summed E-state index contributed by atoms with van der Waals surface area (Å²) in [5.41, 5.74) is 2.07. The summed E-state index contributed by atoms with van der Waals surface area (Å²) in [5, 5.41) is 0. The van der Waals surface area contributed by atoms with Crippen LogP contribution in [0.2, 0.25) is 0 Å². The molecule has 0 unspecified atom stereocenters. The average Bonchev–Trinajstić information content (AvgIpc) is 2.44. The third-order valence-electron chi connectivity index (χ3n) is 3.12. The van der Waals surface area contributed by atoms with E-state index in [1.165, 1.54) is 0 Å². The zero-order valence-electron chi connectivity index (χ0n) is 11.7. The van der Waals surface area contributed by atoms with Crippen LogP contribution < -0.4 is 0 Å². The number of ether oxygens (including phenoxy) is 1. The molecule has 1 aromatic carbocycles. The molecule has 0 saturated heterocycles. The van der Waals surface area contributed by atoms with E-state index in [2.05, 4.69) is 4.98 Å². The highest BCUT2D eigenvalue weighted by molar-refractivity contribution is 7.71. The molecule has 0 fully saturated rings. The van der Waals surface area contributed by atoms with Gasteiger partial charge >= 0.3 is 5.97 Å². The minimum Gasteiger partial charge on any atom is -0.462 e.